The number of hydrogen-bond donors (Lipinski definition) is 2. The predicted octanol–water partition coefficient (Wildman–Crippen LogP) is 2.73. The van der Waals surface area contributed by atoms with E-state index in [-0.39, 0.29) is 11.5 Å². The summed E-state index contributed by atoms with van der Waals surface area (Å²) in [5, 5.41) is 21.4. The summed E-state index contributed by atoms with van der Waals surface area (Å²) in [7, 11) is -0.857. The van der Waals surface area contributed by atoms with Crippen LogP contribution in [0.25, 0.3) is 0 Å². The molecule has 1 aromatic carbocycles. The Kier molecular flexibility index (Phi) is 7.91. The third-order valence-corrected chi connectivity index (χ3v) is 10.3. The summed E-state index contributed by atoms with van der Waals surface area (Å²) in [4.78, 5) is 23.3. The Morgan fingerprint density at radius 3 is 2.35 bits per heavy atom. The number of carbonyl (C=O) groups is 2. The fraction of sp³-hybridized carbons (Fsp3) is 0.636. The molecule has 1 saturated heterocycles. The van der Waals surface area contributed by atoms with E-state index < -0.39 is 50.8 Å². The van der Waals surface area contributed by atoms with Gasteiger partial charge in [0.2, 0.25) is 8.32 Å². The number of esters is 2. The molecule has 1 unspecified atom stereocenters. The maximum Gasteiger partial charge on any atom is 0.308 e. The molecule has 1 aliphatic heterocycles. The van der Waals surface area contributed by atoms with Crippen LogP contribution in [0.1, 0.15) is 45.8 Å². The van der Waals surface area contributed by atoms with E-state index in [1.807, 2.05) is 6.07 Å². The molecule has 31 heavy (non-hydrogen) atoms. The Bertz CT molecular complexity index is 788. The summed E-state index contributed by atoms with van der Waals surface area (Å²) < 4.78 is 22.1. The normalized spacial score (nSPS) is 26.8. The van der Waals surface area contributed by atoms with Gasteiger partial charge in [-0.25, -0.2) is 0 Å². The molecule has 0 saturated carbocycles. The summed E-state index contributed by atoms with van der Waals surface area (Å²) >= 11 is 0. The molecule has 2 rings (SSSR count). The highest BCUT2D eigenvalue weighted by atomic mass is 28.4. The van der Waals surface area contributed by atoms with Crippen LogP contribution in [-0.2, 0) is 23.8 Å². The SMILES string of the molecule is COC(=O)C[C@H]1OC(c2cccc(O[Si](C)(C)C(C)(C)C)c2)[C@@H](O)[C@@H](O)[C@H]1OC(C)=O. The molecule has 1 heterocycles. The van der Waals surface area contributed by atoms with Gasteiger partial charge in [-0.15, -0.1) is 0 Å². The van der Waals surface area contributed by atoms with Crippen LogP contribution in [0.4, 0.5) is 0 Å². The quantitative estimate of drug-likeness (QED) is 0.499. The molecule has 8 nitrogen and oxygen atoms in total. The van der Waals surface area contributed by atoms with Crippen molar-refractivity contribution < 1.29 is 38.4 Å². The first kappa shape index (κ1) is 25.3. The Morgan fingerprint density at radius 1 is 1.16 bits per heavy atom. The molecule has 1 fully saturated rings. The summed E-state index contributed by atoms with van der Waals surface area (Å²) in [6.45, 7) is 11.9. The maximum absolute atomic E-state index is 11.8. The van der Waals surface area contributed by atoms with Gasteiger partial charge < -0.3 is 28.8 Å². The number of rotatable bonds is 6. The van der Waals surface area contributed by atoms with E-state index in [2.05, 4.69) is 33.9 Å². The largest absolute Gasteiger partial charge is 0.543 e. The molecule has 0 aliphatic carbocycles. The topological polar surface area (TPSA) is 112 Å². The van der Waals surface area contributed by atoms with E-state index in [1.54, 1.807) is 18.2 Å². The Labute approximate surface area is 184 Å². The monoisotopic (exact) mass is 454 g/mol. The van der Waals surface area contributed by atoms with Gasteiger partial charge in [-0.1, -0.05) is 32.9 Å². The van der Waals surface area contributed by atoms with E-state index in [9.17, 15) is 19.8 Å². The van der Waals surface area contributed by atoms with Gasteiger partial charge in [0.15, 0.2) is 6.10 Å². The number of hydrogen-bond acceptors (Lipinski definition) is 8. The molecule has 2 N–H and O–H groups in total. The average Bonchev–Trinajstić information content (AvgIpc) is 2.66. The van der Waals surface area contributed by atoms with E-state index >= 15 is 0 Å². The Balaban J connectivity index is 2.33. The maximum atomic E-state index is 11.8. The number of carbonyl (C=O) groups excluding carboxylic acids is 2. The second kappa shape index (κ2) is 9.68. The third kappa shape index (κ3) is 6.06. The summed E-state index contributed by atoms with van der Waals surface area (Å²) in [5.74, 6) is -0.599. The van der Waals surface area contributed by atoms with Crippen LogP contribution >= 0.6 is 0 Å². The highest BCUT2D eigenvalue weighted by Crippen LogP contribution is 2.39. The molecule has 0 spiro atoms. The molecule has 0 amide bonds. The first-order valence-electron chi connectivity index (χ1n) is 10.3. The van der Waals surface area contributed by atoms with Crippen LogP contribution in [0.5, 0.6) is 5.75 Å². The fourth-order valence-corrected chi connectivity index (χ4v) is 4.19. The lowest BCUT2D eigenvalue weighted by atomic mass is 9.89. The van der Waals surface area contributed by atoms with Gasteiger partial charge >= 0.3 is 11.9 Å². The molecule has 1 aliphatic rings. The zero-order valence-electron chi connectivity index (χ0n) is 19.2. The number of methoxy groups -OCH3 is 1. The lowest BCUT2D eigenvalue weighted by molar-refractivity contribution is -0.236. The highest BCUT2D eigenvalue weighted by molar-refractivity contribution is 6.74. The lowest BCUT2D eigenvalue weighted by Gasteiger charge is -2.42. The van der Waals surface area contributed by atoms with Gasteiger partial charge in [0.25, 0.3) is 0 Å². The van der Waals surface area contributed by atoms with Crippen molar-refractivity contribution in [1.29, 1.82) is 0 Å². The van der Waals surface area contributed by atoms with E-state index in [4.69, 9.17) is 18.6 Å². The third-order valence-electron chi connectivity index (χ3n) is 5.95. The van der Waals surface area contributed by atoms with E-state index in [1.165, 1.54) is 14.0 Å². The predicted molar refractivity (Wildman–Crippen MR) is 116 cm³/mol. The average molecular weight is 455 g/mol. The molecule has 9 heteroatoms. The van der Waals surface area contributed by atoms with Crippen molar-refractivity contribution in [2.75, 3.05) is 7.11 Å². The van der Waals surface area contributed by atoms with Gasteiger partial charge in [-0.2, -0.15) is 0 Å². The van der Waals surface area contributed by atoms with Crippen molar-refractivity contribution in [2.45, 2.75) is 82.8 Å². The van der Waals surface area contributed by atoms with Crippen LogP contribution in [0.3, 0.4) is 0 Å². The zero-order valence-corrected chi connectivity index (χ0v) is 20.2. The van der Waals surface area contributed by atoms with E-state index in [0.717, 1.165) is 0 Å². The lowest BCUT2D eigenvalue weighted by Crippen LogP contribution is -2.56. The van der Waals surface area contributed by atoms with Gasteiger partial charge in [0.1, 0.15) is 30.2 Å². The smallest absolute Gasteiger partial charge is 0.308 e. The van der Waals surface area contributed by atoms with Crippen LogP contribution < -0.4 is 4.43 Å². The minimum atomic E-state index is -2.09. The van der Waals surface area contributed by atoms with Crippen molar-refractivity contribution >= 4 is 20.3 Å². The molecule has 0 bridgehead atoms. The van der Waals surface area contributed by atoms with Crippen LogP contribution in [0.2, 0.25) is 18.1 Å². The van der Waals surface area contributed by atoms with Crippen LogP contribution in [-0.4, -0.2) is 62.0 Å². The molecule has 174 valence electrons. The fourth-order valence-electron chi connectivity index (χ4n) is 3.17. The molecule has 5 atom stereocenters. The van der Waals surface area contributed by atoms with Crippen LogP contribution in [0, 0.1) is 0 Å². The minimum absolute atomic E-state index is 0.00289. The second-order valence-corrected chi connectivity index (χ2v) is 14.1. The number of benzene rings is 1. The van der Waals surface area contributed by atoms with Crippen molar-refractivity contribution in [3.8, 4) is 5.75 Å². The number of ether oxygens (including phenoxy) is 3. The van der Waals surface area contributed by atoms with Crippen molar-refractivity contribution in [1.82, 2.24) is 0 Å². The van der Waals surface area contributed by atoms with E-state index in [0.29, 0.717) is 11.3 Å². The minimum Gasteiger partial charge on any atom is -0.543 e. The van der Waals surface area contributed by atoms with Gasteiger partial charge in [-0.3, -0.25) is 9.59 Å². The molecule has 0 radical (unpaired) electrons. The first-order valence-corrected chi connectivity index (χ1v) is 13.2. The van der Waals surface area contributed by atoms with Crippen molar-refractivity contribution in [3.63, 3.8) is 0 Å². The molecule has 1 aromatic rings. The first-order chi connectivity index (χ1) is 14.3. The number of aliphatic hydroxyl groups excluding tert-OH is 2. The molecular weight excluding hydrogens is 420 g/mol. The summed E-state index contributed by atoms with van der Waals surface area (Å²) in [6.07, 6.45) is -6.18. The van der Waals surface area contributed by atoms with Gasteiger partial charge in [0.05, 0.1) is 13.5 Å². The zero-order chi connectivity index (χ0) is 23.6. The second-order valence-electron chi connectivity index (χ2n) is 9.37. The summed E-state index contributed by atoms with van der Waals surface area (Å²) in [5.41, 5.74) is 0.582. The number of aliphatic hydroxyl groups is 2. The molecular formula is C22H34O8Si. The van der Waals surface area contributed by atoms with Crippen molar-refractivity contribution in [3.05, 3.63) is 29.8 Å². The van der Waals surface area contributed by atoms with Crippen molar-refractivity contribution in [2.24, 2.45) is 0 Å². The Morgan fingerprint density at radius 2 is 1.81 bits per heavy atom. The molecule has 0 aromatic heterocycles. The van der Waals surface area contributed by atoms with Gasteiger partial charge in [0, 0.05) is 6.92 Å². The standard InChI is InChI=1S/C22H34O8Si/c1-13(23)28-21-16(12-17(24)27-5)29-20(18(25)19(21)26)14-9-8-10-15(11-14)30-31(6,7)22(2,3)4/h8-11,16,18-21,25-26H,12H2,1-7H3/t16-,18+,19-,20?,21+/m1/s1. The highest BCUT2D eigenvalue weighted by Gasteiger charge is 2.48. The summed E-state index contributed by atoms with van der Waals surface area (Å²) in [6, 6.07) is 7.14. The van der Waals surface area contributed by atoms with Gasteiger partial charge in [-0.05, 0) is 35.8 Å². The Hall–Kier alpha value is -1.94. The van der Waals surface area contributed by atoms with Crippen LogP contribution in [0.15, 0.2) is 24.3 Å².